The molecule has 0 aromatic heterocycles. The number of halogens is 2. The average Bonchev–Trinajstić information content (AvgIpc) is 2.79. The van der Waals surface area contributed by atoms with E-state index < -0.39 is 16.7 Å². The van der Waals surface area contributed by atoms with Gasteiger partial charge in [0.1, 0.15) is 5.70 Å². The number of alkyl halides is 2. The van der Waals surface area contributed by atoms with Crippen LogP contribution in [0.15, 0.2) is 11.8 Å². The van der Waals surface area contributed by atoms with Crippen LogP contribution < -0.4 is 5.32 Å². The molecule has 0 heterocycles. The molecule has 6 heteroatoms. The summed E-state index contributed by atoms with van der Waals surface area (Å²) in [6.07, 6.45) is 5.80. The van der Waals surface area contributed by atoms with E-state index in [9.17, 15) is 9.59 Å². The molecule has 1 aliphatic rings. The van der Waals surface area contributed by atoms with Crippen molar-refractivity contribution < 1.29 is 14.3 Å². The molecule has 108 valence electrons. The standard InChI is InChI=1S/C13H19Cl2NO3/c1-8(2)19-13(18)10(16-12(17)11(14)15)7-9-5-3-4-6-9/h7-9,11H,3-6H2,1-2H3,(H,16,17)/b10-7-. The minimum absolute atomic E-state index is 0.136. The van der Waals surface area contributed by atoms with Gasteiger partial charge in [-0.1, -0.05) is 42.1 Å². The van der Waals surface area contributed by atoms with Gasteiger partial charge in [0, 0.05) is 0 Å². The van der Waals surface area contributed by atoms with E-state index in [1.807, 2.05) is 0 Å². The Morgan fingerprint density at radius 1 is 1.26 bits per heavy atom. The van der Waals surface area contributed by atoms with Crippen LogP contribution >= 0.6 is 23.2 Å². The number of hydrogen-bond acceptors (Lipinski definition) is 3. The van der Waals surface area contributed by atoms with Gasteiger partial charge >= 0.3 is 5.97 Å². The number of carbonyl (C=O) groups excluding carboxylic acids is 2. The minimum Gasteiger partial charge on any atom is -0.458 e. The van der Waals surface area contributed by atoms with Gasteiger partial charge < -0.3 is 10.1 Å². The topological polar surface area (TPSA) is 55.4 Å². The largest absolute Gasteiger partial charge is 0.458 e. The van der Waals surface area contributed by atoms with Gasteiger partial charge in [-0.2, -0.15) is 0 Å². The Morgan fingerprint density at radius 2 is 1.84 bits per heavy atom. The van der Waals surface area contributed by atoms with Crippen molar-refractivity contribution in [3.63, 3.8) is 0 Å². The molecule has 19 heavy (non-hydrogen) atoms. The molecule has 1 rings (SSSR count). The highest BCUT2D eigenvalue weighted by atomic mass is 35.5. The molecule has 0 aromatic rings. The summed E-state index contributed by atoms with van der Waals surface area (Å²) in [6.45, 7) is 3.50. The number of hydrogen-bond donors (Lipinski definition) is 1. The highest BCUT2D eigenvalue weighted by molar-refractivity contribution is 6.53. The third-order valence-electron chi connectivity index (χ3n) is 2.82. The first-order valence-electron chi connectivity index (χ1n) is 6.42. The molecular formula is C13H19Cl2NO3. The van der Waals surface area contributed by atoms with E-state index in [1.165, 1.54) is 0 Å². The number of esters is 1. The van der Waals surface area contributed by atoms with Crippen molar-refractivity contribution in [2.45, 2.75) is 50.5 Å². The van der Waals surface area contributed by atoms with Crippen LogP contribution in [-0.4, -0.2) is 22.8 Å². The van der Waals surface area contributed by atoms with Crippen molar-refractivity contribution in [2.75, 3.05) is 0 Å². The summed E-state index contributed by atoms with van der Waals surface area (Å²) in [4.78, 5) is 22.2. The lowest BCUT2D eigenvalue weighted by molar-refractivity contribution is -0.144. The van der Waals surface area contributed by atoms with Crippen LogP contribution in [0.1, 0.15) is 39.5 Å². The fourth-order valence-electron chi connectivity index (χ4n) is 1.99. The maximum atomic E-state index is 11.9. The Bertz CT molecular complexity index is 361. The Balaban J connectivity index is 2.77. The molecule has 4 nitrogen and oxygen atoms in total. The minimum atomic E-state index is -1.21. The molecule has 0 aliphatic heterocycles. The van der Waals surface area contributed by atoms with Crippen LogP contribution in [-0.2, 0) is 14.3 Å². The molecule has 0 atom stereocenters. The number of carbonyl (C=O) groups is 2. The van der Waals surface area contributed by atoms with Crippen LogP contribution in [0.3, 0.4) is 0 Å². The van der Waals surface area contributed by atoms with Crippen molar-refractivity contribution in [3.05, 3.63) is 11.8 Å². The average molecular weight is 308 g/mol. The molecule has 1 saturated carbocycles. The monoisotopic (exact) mass is 307 g/mol. The number of amides is 1. The first-order valence-corrected chi connectivity index (χ1v) is 7.29. The smallest absolute Gasteiger partial charge is 0.354 e. The summed E-state index contributed by atoms with van der Waals surface area (Å²) >= 11 is 10.9. The van der Waals surface area contributed by atoms with E-state index in [2.05, 4.69) is 5.32 Å². The molecule has 0 radical (unpaired) electrons. The molecule has 0 unspecified atom stereocenters. The zero-order chi connectivity index (χ0) is 14.4. The molecule has 1 N–H and O–H groups in total. The molecular weight excluding hydrogens is 289 g/mol. The number of ether oxygens (including phenoxy) is 1. The Kier molecular flexibility index (Phi) is 6.66. The molecule has 1 aliphatic carbocycles. The second-order valence-electron chi connectivity index (χ2n) is 4.87. The maximum absolute atomic E-state index is 11.9. The van der Waals surface area contributed by atoms with Gasteiger partial charge in [0.2, 0.25) is 0 Å². The quantitative estimate of drug-likeness (QED) is 0.483. The molecule has 0 spiro atoms. The molecule has 1 amide bonds. The van der Waals surface area contributed by atoms with Crippen LogP contribution in [0.25, 0.3) is 0 Å². The third-order valence-corrected chi connectivity index (χ3v) is 3.22. The number of nitrogens with one attached hydrogen (secondary N) is 1. The molecule has 0 aromatic carbocycles. The normalized spacial score (nSPS) is 17.1. The van der Waals surface area contributed by atoms with Crippen LogP contribution in [0, 0.1) is 5.92 Å². The van der Waals surface area contributed by atoms with Crippen molar-refractivity contribution in [1.29, 1.82) is 0 Å². The summed E-state index contributed by atoms with van der Waals surface area (Å²) in [6, 6.07) is 0. The summed E-state index contributed by atoms with van der Waals surface area (Å²) < 4.78 is 5.10. The lowest BCUT2D eigenvalue weighted by Gasteiger charge is -2.14. The van der Waals surface area contributed by atoms with Crippen molar-refractivity contribution in [1.82, 2.24) is 5.32 Å². The summed E-state index contributed by atoms with van der Waals surface area (Å²) in [5, 5.41) is 2.43. The van der Waals surface area contributed by atoms with Gasteiger partial charge in [0.25, 0.3) is 5.91 Å². The second kappa shape index (κ2) is 7.75. The van der Waals surface area contributed by atoms with E-state index in [0.717, 1.165) is 25.7 Å². The zero-order valence-corrected chi connectivity index (χ0v) is 12.6. The van der Waals surface area contributed by atoms with E-state index in [4.69, 9.17) is 27.9 Å². The molecule has 0 bridgehead atoms. The van der Waals surface area contributed by atoms with Gasteiger partial charge in [-0.15, -0.1) is 0 Å². The Labute approximate surface area is 123 Å². The third kappa shape index (κ3) is 5.83. The second-order valence-corrected chi connectivity index (χ2v) is 5.97. The lowest BCUT2D eigenvalue weighted by Crippen LogP contribution is -2.33. The van der Waals surface area contributed by atoms with Gasteiger partial charge in [-0.3, -0.25) is 4.79 Å². The first-order chi connectivity index (χ1) is 8.90. The molecule has 1 fully saturated rings. The predicted molar refractivity (Wildman–Crippen MR) is 74.9 cm³/mol. The van der Waals surface area contributed by atoms with Gasteiger partial charge in [-0.25, -0.2) is 4.79 Å². The van der Waals surface area contributed by atoms with Gasteiger partial charge in [-0.05, 0) is 32.6 Å². The predicted octanol–water partition coefficient (Wildman–Crippen LogP) is 2.93. The van der Waals surface area contributed by atoms with Crippen molar-refractivity contribution >= 4 is 35.1 Å². The highest BCUT2D eigenvalue weighted by Crippen LogP contribution is 2.26. The summed E-state index contributed by atoms with van der Waals surface area (Å²) in [5.74, 6) is -0.878. The first kappa shape index (κ1) is 16.3. The maximum Gasteiger partial charge on any atom is 0.354 e. The van der Waals surface area contributed by atoms with E-state index >= 15 is 0 Å². The fraction of sp³-hybridized carbons (Fsp3) is 0.692. The van der Waals surface area contributed by atoms with E-state index in [-0.39, 0.29) is 11.8 Å². The number of allylic oxidation sites excluding steroid dienone is 1. The fourth-order valence-corrected chi connectivity index (χ4v) is 2.09. The van der Waals surface area contributed by atoms with E-state index in [1.54, 1.807) is 19.9 Å². The molecule has 0 saturated heterocycles. The summed E-state index contributed by atoms with van der Waals surface area (Å²) in [5.41, 5.74) is 0.136. The Hall–Kier alpha value is -0.740. The number of rotatable bonds is 5. The Morgan fingerprint density at radius 3 is 2.32 bits per heavy atom. The van der Waals surface area contributed by atoms with Crippen LogP contribution in [0.5, 0.6) is 0 Å². The van der Waals surface area contributed by atoms with Gasteiger partial charge in [0.15, 0.2) is 4.84 Å². The SMILES string of the molecule is CC(C)OC(=O)/C(=C/C1CCCC1)NC(=O)C(Cl)Cl. The zero-order valence-electron chi connectivity index (χ0n) is 11.1. The van der Waals surface area contributed by atoms with Crippen LogP contribution in [0.2, 0.25) is 0 Å². The summed E-state index contributed by atoms with van der Waals surface area (Å²) in [7, 11) is 0. The van der Waals surface area contributed by atoms with Crippen molar-refractivity contribution in [2.24, 2.45) is 5.92 Å². The van der Waals surface area contributed by atoms with Crippen LogP contribution in [0.4, 0.5) is 0 Å². The van der Waals surface area contributed by atoms with Crippen molar-refractivity contribution in [3.8, 4) is 0 Å². The van der Waals surface area contributed by atoms with Gasteiger partial charge in [0.05, 0.1) is 6.10 Å². The van der Waals surface area contributed by atoms with E-state index in [0.29, 0.717) is 5.92 Å². The highest BCUT2D eigenvalue weighted by Gasteiger charge is 2.22. The lowest BCUT2D eigenvalue weighted by atomic mass is 10.1.